The molecule has 0 spiro atoms. The summed E-state index contributed by atoms with van der Waals surface area (Å²) in [6.07, 6.45) is 2.87. The molecule has 11 heteroatoms. The van der Waals surface area contributed by atoms with Gasteiger partial charge < -0.3 is 35.5 Å². The summed E-state index contributed by atoms with van der Waals surface area (Å²) >= 11 is 1.90. The summed E-state index contributed by atoms with van der Waals surface area (Å²) in [6.45, 7) is 11.9. The number of nitrogens with one attached hydrogen (secondary N) is 4. The minimum atomic E-state index is -0.514. The van der Waals surface area contributed by atoms with Gasteiger partial charge in [-0.15, -0.1) is 0 Å². The number of ether oxygens (including phenoxy) is 3. The molecule has 3 unspecified atom stereocenters. The summed E-state index contributed by atoms with van der Waals surface area (Å²) in [5.41, 5.74) is -0.514. The molecule has 0 saturated carbocycles. The van der Waals surface area contributed by atoms with Crippen molar-refractivity contribution in [2.75, 3.05) is 45.3 Å². The lowest BCUT2D eigenvalue weighted by Crippen LogP contribution is -2.36. The third kappa shape index (κ3) is 13.2. The maximum absolute atomic E-state index is 11.9. The Bertz CT molecular complexity index is 617. The van der Waals surface area contributed by atoms with Gasteiger partial charge in [-0.3, -0.25) is 4.79 Å². The summed E-state index contributed by atoms with van der Waals surface area (Å²) in [5.74, 6) is 0.994. The van der Waals surface area contributed by atoms with Crippen molar-refractivity contribution in [1.82, 2.24) is 21.3 Å². The monoisotopic (exact) mass is 504 g/mol. The van der Waals surface area contributed by atoms with Crippen LogP contribution in [-0.2, 0) is 19.0 Å². The van der Waals surface area contributed by atoms with Crippen LogP contribution in [0.1, 0.15) is 60.3 Å². The van der Waals surface area contributed by atoms with E-state index in [1.165, 1.54) is 0 Å². The standard InChI is InChI=1S/C21H38N4O6S.C2H6/c1-21(2,3)31-20(28)23-9-11-30-13-12-29-10-8-22-17(26)7-5-4-6-16-18-15(14-32-16)24-19(27)25-18;1-2/h15-16,18H,4-14H2,1-3H3,(H,22,26)(H,23,28)(H2,24,25,27);1-2H3. The lowest BCUT2D eigenvalue weighted by Gasteiger charge is -2.19. The average molecular weight is 505 g/mol. The zero-order chi connectivity index (χ0) is 25.4. The van der Waals surface area contributed by atoms with Crippen LogP contribution in [0.5, 0.6) is 0 Å². The summed E-state index contributed by atoms with van der Waals surface area (Å²) in [4.78, 5) is 34.7. The largest absolute Gasteiger partial charge is 0.444 e. The van der Waals surface area contributed by atoms with Gasteiger partial charge in [0.15, 0.2) is 0 Å². The number of thioether (sulfide) groups is 1. The smallest absolute Gasteiger partial charge is 0.407 e. The van der Waals surface area contributed by atoms with Crippen LogP contribution in [0.25, 0.3) is 0 Å². The first-order valence-electron chi connectivity index (χ1n) is 12.3. The number of unbranched alkanes of at least 4 members (excludes halogenated alkanes) is 1. The van der Waals surface area contributed by atoms with Crippen LogP contribution in [0.2, 0.25) is 0 Å². The molecule has 2 rings (SSSR count). The first-order valence-corrected chi connectivity index (χ1v) is 13.4. The van der Waals surface area contributed by atoms with Crippen molar-refractivity contribution in [3.8, 4) is 0 Å². The van der Waals surface area contributed by atoms with E-state index in [0.717, 1.165) is 25.0 Å². The van der Waals surface area contributed by atoms with Gasteiger partial charge in [0.05, 0.1) is 38.5 Å². The fourth-order valence-electron chi connectivity index (χ4n) is 3.49. The Morgan fingerprint density at radius 3 is 2.29 bits per heavy atom. The minimum absolute atomic E-state index is 0.0332. The van der Waals surface area contributed by atoms with Crippen molar-refractivity contribution in [2.45, 2.75) is 83.2 Å². The molecule has 4 N–H and O–H groups in total. The summed E-state index contributed by atoms with van der Waals surface area (Å²) < 4.78 is 15.9. The van der Waals surface area contributed by atoms with Gasteiger partial charge in [-0.05, 0) is 33.6 Å². The molecule has 34 heavy (non-hydrogen) atoms. The van der Waals surface area contributed by atoms with Gasteiger partial charge in [-0.25, -0.2) is 9.59 Å². The predicted molar refractivity (Wildman–Crippen MR) is 134 cm³/mol. The van der Waals surface area contributed by atoms with Gasteiger partial charge in [0.1, 0.15) is 5.60 Å². The topological polar surface area (TPSA) is 127 Å². The van der Waals surface area contributed by atoms with Crippen LogP contribution in [0.15, 0.2) is 0 Å². The van der Waals surface area contributed by atoms with Gasteiger partial charge in [-0.1, -0.05) is 20.3 Å². The second-order valence-corrected chi connectivity index (χ2v) is 10.1. The second-order valence-electron chi connectivity index (χ2n) is 8.87. The summed E-state index contributed by atoms with van der Waals surface area (Å²) in [6, 6.07) is 0.414. The normalized spacial score (nSPS) is 21.0. The van der Waals surface area contributed by atoms with Gasteiger partial charge in [0.25, 0.3) is 0 Å². The Hall–Kier alpha value is -1.72. The van der Waals surface area contributed by atoms with Crippen molar-refractivity contribution in [1.29, 1.82) is 0 Å². The maximum atomic E-state index is 11.9. The Labute approximate surface area is 208 Å². The van der Waals surface area contributed by atoms with Crippen LogP contribution in [0, 0.1) is 0 Å². The van der Waals surface area contributed by atoms with E-state index in [1.54, 1.807) is 0 Å². The van der Waals surface area contributed by atoms with Crippen LogP contribution in [0.4, 0.5) is 9.59 Å². The van der Waals surface area contributed by atoms with Crippen LogP contribution >= 0.6 is 11.8 Å². The van der Waals surface area contributed by atoms with E-state index in [2.05, 4.69) is 21.3 Å². The second kappa shape index (κ2) is 16.8. The molecule has 0 aromatic rings. The molecule has 0 aromatic carbocycles. The molecule has 2 aliphatic heterocycles. The van der Waals surface area contributed by atoms with Crippen LogP contribution in [0.3, 0.4) is 0 Å². The maximum Gasteiger partial charge on any atom is 0.407 e. The van der Waals surface area contributed by atoms with E-state index < -0.39 is 11.7 Å². The molecule has 198 valence electrons. The number of urea groups is 1. The van der Waals surface area contributed by atoms with Crippen LogP contribution in [-0.4, -0.2) is 86.2 Å². The third-order valence-corrected chi connectivity index (χ3v) is 6.44. The van der Waals surface area contributed by atoms with Gasteiger partial charge in [0, 0.05) is 30.5 Å². The minimum Gasteiger partial charge on any atom is -0.444 e. The Morgan fingerprint density at radius 2 is 1.65 bits per heavy atom. The highest BCUT2D eigenvalue weighted by molar-refractivity contribution is 8.00. The lowest BCUT2D eigenvalue weighted by molar-refractivity contribution is -0.121. The highest BCUT2D eigenvalue weighted by Gasteiger charge is 2.42. The van der Waals surface area contributed by atoms with Crippen molar-refractivity contribution in [3.63, 3.8) is 0 Å². The first-order chi connectivity index (χ1) is 16.2. The predicted octanol–water partition coefficient (Wildman–Crippen LogP) is 2.41. The molecule has 0 aliphatic carbocycles. The number of hydrogen-bond acceptors (Lipinski definition) is 7. The van der Waals surface area contributed by atoms with Crippen molar-refractivity contribution in [2.24, 2.45) is 0 Å². The van der Waals surface area contributed by atoms with E-state index in [4.69, 9.17) is 14.2 Å². The summed E-state index contributed by atoms with van der Waals surface area (Å²) in [5, 5.41) is 11.8. The van der Waals surface area contributed by atoms with Gasteiger partial charge in [0.2, 0.25) is 5.91 Å². The number of alkyl carbamates (subject to hydrolysis) is 1. The highest BCUT2D eigenvalue weighted by Crippen LogP contribution is 2.33. The molecule has 10 nitrogen and oxygen atoms in total. The van der Waals surface area contributed by atoms with Crippen molar-refractivity contribution in [3.05, 3.63) is 0 Å². The quantitative estimate of drug-likeness (QED) is 0.211. The molecule has 2 saturated heterocycles. The zero-order valence-corrected chi connectivity index (χ0v) is 22.2. The fourth-order valence-corrected chi connectivity index (χ4v) is 5.03. The first kappa shape index (κ1) is 30.3. The molecular weight excluding hydrogens is 460 g/mol. The fraction of sp³-hybridized carbons (Fsp3) is 0.870. The highest BCUT2D eigenvalue weighted by atomic mass is 32.2. The number of carbonyl (C=O) groups is 3. The number of rotatable bonds is 14. The van der Waals surface area contributed by atoms with Gasteiger partial charge in [-0.2, -0.15) is 11.8 Å². The number of fused-ring (bicyclic) bond motifs is 1. The Morgan fingerprint density at radius 1 is 1.00 bits per heavy atom. The number of carbonyl (C=O) groups excluding carboxylic acids is 3. The molecular formula is C23H44N4O6S. The molecule has 2 aliphatic rings. The van der Waals surface area contributed by atoms with E-state index in [0.29, 0.717) is 51.2 Å². The van der Waals surface area contributed by atoms with E-state index in [9.17, 15) is 14.4 Å². The summed E-state index contributed by atoms with van der Waals surface area (Å²) in [7, 11) is 0. The van der Waals surface area contributed by atoms with Crippen molar-refractivity contribution < 1.29 is 28.6 Å². The van der Waals surface area contributed by atoms with E-state index in [-0.39, 0.29) is 24.0 Å². The van der Waals surface area contributed by atoms with Gasteiger partial charge >= 0.3 is 12.1 Å². The Balaban J connectivity index is 0.00000281. The van der Waals surface area contributed by atoms with Crippen LogP contribution < -0.4 is 21.3 Å². The molecule has 3 atom stereocenters. The molecule has 0 aromatic heterocycles. The van der Waals surface area contributed by atoms with E-state index in [1.807, 2.05) is 46.4 Å². The molecule has 0 bridgehead atoms. The van der Waals surface area contributed by atoms with Crippen molar-refractivity contribution >= 4 is 29.8 Å². The SMILES string of the molecule is CC.CC(C)(C)OC(=O)NCCOCCOCCNC(=O)CCCCC1SCC2NC(=O)NC21. The number of hydrogen-bond donors (Lipinski definition) is 4. The zero-order valence-electron chi connectivity index (χ0n) is 21.4. The molecule has 2 fully saturated rings. The molecule has 4 amide bonds. The Kier molecular flexibility index (Phi) is 15.0. The average Bonchev–Trinajstić information content (AvgIpc) is 3.32. The van der Waals surface area contributed by atoms with E-state index >= 15 is 0 Å². The lowest BCUT2D eigenvalue weighted by atomic mass is 10.0. The third-order valence-electron chi connectivity index (χ3n) is 4.94. The molecule has 0 radical (unpaired) electrons. The number of amides is 4. The molecule has 2 heterocycles.